The minimum Gasteiger partial charge on any atom is -0.494 e. The van der Waals surface area contributed by atoms with Crippen molar-refractivity contribution in [2.45, 2.75) is 38.3 Å². The van der Waals surface area contributed by atoms with Crippen molar-refractivity contribution in [1.82, 2.24) is 9.97 Å². The maximum Gasteiger partial charge on any atom is 0.414 e. The Labute approximate surface area is 263 Å². The molecule has 0 fully saturated rings. The number of thiazole rings is 1. The SMILES string of the molecule is CN(C(=O)OC(C)(C)C)c1ccc(C2(C(=O)COc3ccc(Cc4sc(=O)[nH]c4O)cc3)C=CC=N2)c(Oc2ccccn2)c1. The number of aromatic hydroxyl groups is 1. The number of Topliss-reactive ketones (excluding diaryl/α,β-unsaturated/α-hetero) is 1. The molecule has 2 N–H and O–H groups in total. The first kappa shape index (κ1) is 31.2. The average Bonchev–Trinajstić information content (AvgIpc) is 3.62. The van der Waals surface area contributed by atoms with Crippen molar-refractivity contribution in [1.29, 1.82) is 0 Å². The van der Waals surface area contributed by atoms with E-state index in [1.165, 1.54) is 4.90 Å². The monoisotopic (exact) mass is 628 g/mol. The molecule has 0 bridgehead atoms. The molecular formula is C33H32N4O7S. The summed E-state index contributed by atoms with van der Waals surface area (Å²) in [5, 5.41) is 9.86. The number of ketones is 1. The van der Waals surface area contributed by atoms with Gasteiger partial charge in [0, 0.05) is 43.6 Å². The molecule has 1 aliphatic rings. The van der Waals surface area contributed by atoms with Gasteiger partial charge in [0.1, 0.15) is 23.7 Å². The van der Waals surface area contributed by atoms with Crippen molar-refractivity contribution in [3.63, 3.8) is 0 Å². The van der Waals surface area contributed by atoms with Crippen LogP contribution in [0.1, 0.15) is 36.8 Å². The molecule has 11 nitrogen and oxygen atoms in total. The van der Waals surface area contributed by atoms with Crippen molar-refractivity contribution in [2.75, 3.05) is 18.6 Å². The number of aromatic amines is 1. The molecule has 0 radical (unpaired) electrons. The number of nitrogens with zero attached hydrogens (tertiary/aromatic N) is 3. The molecule has 1 atom stereocenters. The number of ether oxygens (including phenoxy) is 3. The number of nitrogens with one attached hydrogen (secondary N) is 1. The normalized spacial score (nSPS) is 15.6. The van der Waals surface area contributed by atoms with Gasteiger partial charge in [-0.2, -0.15) is 0 Å². The fourth-order valence-corrected chi connectivity index (χ4v) is 5.31. The molecule has 12 heteroatoms. The molecule has 0 aliphatic carbocycles. The lowest BCUT2D eigenvalue weighted by Crippen LogP contribution is -2.36. The predicted molar refractivity (Wildman–Crippen MR) is 171 cm³/mol. The van der Waals surface area contributed by atoms with Gasteiger partial charge in [-0.3, -0.25) is 24.5 Å². The maximum absolute atomic E-state index is 13.9. The second-order valence-corrected chi connectivity index (χ2v) is 12.3. The number of allylic oxidation sites excluding steroid dienone is 1. The number of carbonyl (C=O) groups is 2. The number of pyridine rings is 1. The summed E-state index contributed by atoms with van der Waals surface area (Å²) in [5.41, 5.74) is -0.368. The maximum atomic E-state index is 13.9. The smallest absolute Gasteiger partial charge is 0.414 e. The molecular weight excluding hydrogens is 596 g/mol. The molecule has 45 heavy (non-hydrogen) atoms. The summed E-state index contributed by atoms with van der Waals surface area (Å²) in [5.74, 6) is 0.540. The van der Waals surface area contributed by atoms with Crippen LogP contribution >= 0.6 is 11.3 Å². The van der Waals surface area contributed by atoms with Crippen LogP contribution in [0.25, 0.3) is 0 Å². The zero-order valence-corrected chi connectivity index (χ0v) is 26.0. The van der Waals surface area contributed by atoms with E-state index in [9.17, 15) is 19.5 Å². The summed E-state index contributed by atoms with van der Waals surface area (Å²) in [4.78, 5) is 50.9. The molecule has 5 rings (SSSR count). The van der Waals surface area contributed by atoms with Gasteiger partial charge in [0.2, 0.25) is 17.5 Å². The first-order chi connectivity index (χ1) is 21.4. The van der Waals surface area contributed by atoms with E-state index in [4.69, 9.17) is 14.2 Å². The summed E-state index contributed by atoms with van der Waals surface area (Å²) in [7, 11) is 1.59. The van der Waals surface area contributed by atoms with Crippen LogP contribution in [0.3, 0.4) is 0 Å². The number of rotatable bonds is 10. The molecule has 0 saturated carbocycles. The first-order valence-electron chi connectivity index (χ1n) is 14.0. The number of amides is 1. The highest BCUT2D eigenvalue weighted by Crippen LogP contribution is 2.41. The van der Waals surface area contributed by atoms with Gasteiger partial charge in [-0.15, -0.1) is 0 Å². The lowest BCUT2D eigenvalue weighted by molar-refractivity contribution is -0.124. The highest BCUT2D eigenvalue weighted by Gasteiger charge is 2.41. The molecule has 0 saturated heterocycles. The van der Waals surface area contributed by atoms with E-state index < -0.39 is 17.2 Å². The lowest BCUT2D eigenvalue weighted by atomic mass is 9.86. The van der Waals surface area contributed by atoms with Crippen LogP contribution in [0, 0.1) is 0 Å². The molecule has 1 unspecified atom stereocenters. The fourth-order valence-electron chi connectivity index (χ4n) is 4.56. The molecule has 0 spiro atoms. The van der Waals surface area contributed by atoms with Gasteiger partial charge in [0.05, 0.1) is 10.6 Å². The third-order valence-electron chi connectivity index (χ3n) is 6.77. The highest BCUT2D eigenvalue weighted by molar-refractivity contribution is 7.09. The van der Waals surface area contributed by atoms with E-state index in [1.807, 2.05) is 0 Å². The van der Waals surface area contributed by atoms with Crippen LogP contribution in [0.2, 0.25) is 0 Å². The Morgan fingerprint density at radius 3 is 2.49 bits per heavy atom. The van der Waals surface area contributed by atoms with Gasteiger partial charge in [0.25, 0.3) is 0 Å². The number of aromatic nitrogens is 2. The van der Waals surface area contributed by atoms with Gasteiger partial charge >= 0.3 is 11.0 Å². The molecule has 2 aromatic carbocycles. The Kier molecular flexibility index (Phi) is 8.87. The molecule has 3 heterocycles. The molecule has 1 aliphatic heterocycles. The molecule has 232 valence electrons. The predicted octanol–water partition coefficient (Wildman–Crippen LogP) is 5.78. The van der Waals surface area contributed by atoms with E-state index in [2.05, 4.69) is 15.0 Å². The number of hydrogen-bond donors (Lipinski definition) is 2. The van der Waals surface area contributed by atoms with Gasteiger partial charge in [-0.1, -0.05) is 29.5 Å². The van der Waals surface area contributed by atoms with Crippen LogP contribution in [0.15, 0.2) is 88.8 Å². The van der Waals surface area contributed by atoms with E-state index in [0.717, 1.165) is 16.9 Å². The summed E-state index contributed by atoms with van der Waals surface area (Å²) in [6, 6.07) is 17.3. The highest BCUT2D eigenvalue weighted by atomic mass is 32.1. The summed E-state index contributed by atoms with van der Waals surface area (Å²) >= 11 is 0.950. The van der Waals surface area contributed by atoms with Crippen LogP contribution in [0.4, 0.5) is 10.5 Å². The third kappa shape index (κ3) is 7.29. The molecule has 4 aromatic rings. The van der Waals surface area contributed by atoms with E-state index in [-0.39, 0.29) is 28.9 Å². The van der Waals surface area contributed by atoms with Crippen molar-refractivity contribution < 1.29 is 28.9 Å². The standard InChI is InChI=1S/C33H32N4O7S/c1-32(2,3)44-31(41)37(4)22-11-14-24(25(19-22)43-28-8-5-6-16-34-28)33(15-7-17-35-33)27(38)20-42-23-12-9-21(10-13-23)18-26-29(39)36-30(40)45-26/h5-17,19,39H,18,20H2,1-4H3,(H,36,40). The zero-order valence-electron chi connectivity index (χ0n) is 25.1. The number of anilines is 1. The van der Waals surface area contributed by atoms with Crippen molar-refractivity contribution in [3.8, 4) is 23.3 Å². The van der Waals surface area contributed by atoms with Crippen molar-refractivity contribution in [3.05, 3.63) is 105 Å². The molecule has 1 amide bonds. The number of hydrogen-bond acceptors (Lipinski definition) is 10. The van der Waals surface area contributed by atoms with Gasteiger partial charge < -0.3 is 19.3 Å². The van der Waals surface area contributed by atoms with Crippen molar-refractivity contribution in [2.24, 2.45) is 4.99 Å². The lowest BCUT2D eigenvalue weighted by Gasteiger charge is -2.28. The van der Waals surface area contributed by atoms with Crippen LogP contribution in [-0.2, 0) is 21.5 Å². The van der Waals surface area contributed by atoms with E-state index >= 15 is 0 Å². The number of benzene rings is 2. The Morgan fingerprint density at radius 1 is 1.09 bits per heavy atom. The van der Waals surface area contributed by atoms with Gasteiger partial charge in [0.15, 0.2) is 5.54 Å². The topological polar surface area (TPSA) is 143 Å². The summed E-state index contributed by atoms with van der Waals surface area (Å²) < 4.78 is 17.6. The Bertz CT molecular complexity index is 1790. The summed E-state index contributed by atoms with van der Waals surface area (Å²) in [6.07, 6.45) is 6.31. The fraction of sp³-hybridized carbons (Fsp3) is 0.242. The number of aliphatic imine (C=N–C) groups is 1. The number of carbonyl (C=O) groups excluding carboxylic acids is 2. The van der Waals surface area contributed by atoms with E-state index in [1.54, 1.807) is 113 Å². The second kappa shape index (κ2) is 12.8. The Balaban J connectivity index is 1.39. The molecule has 2 aromatic heterocycles. The van der Waals surface area contributed by atoms with Crippen LogP contribution in [-0.4, -0.2) is 52.4 Å². The average molecular weight is 629 g/mol. The van der Waals surface area contributed by atoms with Gasteiger partial charge in [-0.25, -0.2) is 9.78 Å². The van der Waals surface area contributed by atoms with Crippen LogP contribution < -0.4 is 19.2 Å². The first-order valence-corrected chi connectivity index (χ1v) is 14.8. The van der Waals surface area contributed by atoms with Crippen molar-refractivity contribution >= 4 is 35.1 Å². The minimum absolute atomic E-state index is 0.137. The number of H-pyrrole nitrogens is 1. The quantitative estimate of drug-likeness (QED) is 0.225. The minimum atomic E-state index is -1.45. The summed E-state index contributed by atoms with van der Waals surface area (Å²) in [6.45, 7) is 5.05. The Hall–Kier alpha value is -5.23. The zero-order chi connectivity index (χ0) is 32.2. The Morgan fingerprint density at radius 2 is 1.87 bits per heavy atom. The van der Waals surface area contributed by atoms with Crippen LogP contribution in [0.5, 0.6) is 23.3 Å². The van der Waals surface area contributed by atoms with Gasteiger partial charge in [-0.05, 0) is 68.8 Å². The largest absolute Gasteiger partial charge is 0.494 e. The third-order valence-corrected chi connectivity index (χ3v) is 7.64. The van der Waals surface area contributed by atoms with E-state index in [0.29, 0.717) is 34.2 Å². The second-order valence-electron chi connectivity index (χ2n) is 11.2.